The zero-order valence-electron chi connectivity index (χ0n) is 27.4. The largest absolute Gasteiger partial charge is 0.434 e. The van der Waals surface area contributed by atoms with Crippen LogP contribution in [0.15, 0.2) is 160 Å². The van der Waals surface area contributed by atoms with E-state index in [9.17, 15) is 0 Å². The van der Waals surface area contributed by atoms with Gasteiger partial charge in [0.2, 0.25) is 19.7 Å². The molecule has 1 unspecified atom stereocenters. The van der Waals surface area contributed by atoms with Gasteiger partial charge in [0, 0.05) is 11.3 Å². The maximum absolute atomic E-state index is 6.16. The van der Waals surface area contributed by atoms with Crippen molar-refractivity contribution in [3.8, 4) is 40.5 Å². The second-order valence-electron chi connectivity index (χ2n) is 12.8. The molecule has 0 saturated carbocycles. The topological polar surface area (TPSA) is 109 Å². The molecule has 0 fully saturated rings. The molecule has 9 nitrogen and oxygen atoms in total. The van der Waals surface area contributed by atoms with E-state index in [2.05, 4.69) is 95.6 Å². The van der Waals surface area contributed by atoms with Crippen molar-refractivity contribution in [2.24, 2.45) is 0 Å². The molecular weight excluding hydrogens is 663 g/mol. The summed E-state index contributed by atoms with van der Waals surface area (Å²) in [6, 6.07) is 51.6. The molecule has 0 aliphatic carbocycles. The second-order valence-corrected chi connectivity index (χ2v) is 16.4. The standard InChI is InChI=1S/C42H25N7O2Si/c1-2-14-27(15-3-1)52(36-24-11-8-21-33(36)49-32-20-7-4-17-29(32)45-42(49)52)28-16-12-13-26(25-28)37-46-38(40-43-30-18-5-9-22-34(30)50-40)48-39(47-37)41-44-31-19-6-10-23-35(31)51-41/h1-25H. The van der Waals surface area contributed by atoms with Gasteiger partial charge in [0.1, 0.15) is 16.5 Å². The summed E-state index contributed by atoms with van der Waals surface area (Å²) in [5.74, 6) is 1.58. The number of hydrogen-bond acceptors (Lipinski definition) is 8. The third-order valence-corrected chi connectivity index (χ3v) is 14.4. The first-order valence-corrected chi connectivity index (χ1v) is 19.0. The van der Waals surface area contributed by atoms with Crippen molar-refractivity contribution in [2.45, 2.75) is 0 Å². The molecule has 1 atom stereocenters. The summed E-state index contributed by atoms with van der Waals surface area (Å²) in [7, 11) is -2.95. The van der Waals surface area contributed by atoms with E-state index in [1.54, 1.807) is 0 Å². The van der Waals surface area contributed by atoms with E-state index < -0.39 is 8.07 Å². The van der Waals surface area contributed by atoms with Crippen LogP contribution in [0.4, 0.5) is 0 Å². The SMILES string of the molecule is c1ccc([Si]2(c3cccc(-c4nc(-c5nc6ccccc6o5)nc(-c5nc6ccccc6o5)n4)c3)c3ccccc3-n3c2nc2ccccc23)cc1. The molecule has 0 saturated heterocycles. The number of benzene rings is 6. The summed E-state index contributed by atoms with van der Waals surface area (Å²) < 4.78 is 14.7. The van der Waals surface area contributed by atoms with Gasteiger partial charge in [-0.1, -0.05) is 109 Å². The van der Waals surface area contributed by atoms with Gasteiger partial charge in [-0.2, -0.15) is 4.98 Å². The van der Waals surface area contributed by atoms with E-state index in [1.165, 1.54) is 10.4 Å². The van der Waals surface area contributed by atoms with Gasteiger partial charge in [-0.25, -0.2) is 24.9 Å². The Kier molecular flexibility index (Phi) is 6.07. The van der Waals surface area contributed by atoms with Crippen LogP contribution in [-0.4, -0.2) is 42.5 Å². The number of oxazole rings is 2. The molecule has 4 aromatic heterocycles. The molecule has 5 heterocycles. The Labute approximate surface area is 297 Å². The summed E-state index contributed by atoms with van der Waals surface area (Å²) in [6.45, 7) is 0. The first kappa shape index (κ1) is 28.8. The van der Waals surface area contributed by atoms with Crippen molar-refractivity contribution in [2.75, 3.05) is 0 Å². The van der Waals surface area contributed by atoms with Crippen molar-refractivity contribution in [1.29, 1.82) is 0 Å². The second kappa shape index (κ2) is 11.0. The zero-order valence-corrected chi connectivity index (χ0v) is 28.4. The van der Waals surface area contributed by atoms with Crippen LogP contribution in [0.1, 0.15) is 0 Å². The molecule has 0 spiro atoms. The van der Waals surface area contributed by atoms with Gasteiger partial charge in [0.05, 0.1) is 11.0 Å². The molecule has 1 aliphatic rings. The van der Waals surface area contributed by atoms with E-state index in [4.69, 9.17) is 38.7 Å². The van der Waals surface area contributed by atoms with Crippen LogP contribution in [0.5, 0.6) is 0 Å². The van der Waals surface area contributed by atoms with Gasteiger partial charge < -0.3 is 8.83 Å². The minimum Gasteiger partial charge on any atom is -0.434 e. The van der Waals surface area contributed by atoms with Gasteiger partial charge in [-0.05, 0) is 58.0 Å². The number of imidazole rings is 1. The van der Waals surface area contributed by atoms with Crippen LogP contribution in [0.2, 0.25) is 0 Å². The van der Waals surface area contributed by atoms with Crippen LogP contribution in [0.25, 0.3) is 73.7 Å². The molecule has 52 heavy (non-hydrogen) atoms. The molecule has 0 N–H and O–H groups in total. The first-order valence-electron chi connectivity index (χ1n) is 17.0. The van der Waals surface area contributed by atoms with Crippen LogP contribution in [-0.2, 0) is 0 Å². The smallest absolute Gasteiger partial charge is 0.266 e. The number of para-hydroxylation sites is 7. The maximum Gasteiger partial charge on any atom is 0.266 e. The highest BCUT2D eigenvalue weighted by molar-refractivity contribution is 7.20. The third-order valence-electron chi connectivity index (χ3n) is 9.81. The monoisotopic (exact) mass is 687 g/mol. The van der Waals surface area contributed by atoms with Crippen molar-refractivity contribution in [3.05, 3.63) is 152 Å². The minimum absolute atomic E-state index is 0.284. The fourth-order valence-electron chi connectivity index (χ4n) is 7.58. The normalized spacial score (nSPS) is 15.0. The molecule has 244 valence electrons. The zero-order chi connectivity index (χ0) is 34.2. The molecule has 1 aliphatic heterocycles. The molecule has 10 heteroatoms. The molecule has 0 bridgehead atoms. The predicted octanol–water partition coefficient (Wildman–Crippen LogP) is 6.18. The number of aromatic nitrogens is 7. The average molecular weight is 688 g/mol. The highest BCUT2D eigenvalue weighted by Crippen LogP contribution is 2.30. The van der Waals surface area contributed by atoms with E-state index in [1.807, 2.05) is 60.7 Å². The lowest BCUT2D eigenvalue weighted by Crippen LogP contribution is -2.73. The van der Waals surface area contributed by atoms with Crippen LogP contribution in [0.3, 0.4) is 0 Å². The predicted molar refractivity (Wildman–Crippen MR) is 203 cm³/mol. The van der Waals surface area contributed by atoms with Crippen LogP contribution in [0, 0.1) is 0 Å². The Hall–Kier alpha value is -7.04. The number of fused-ring (bicyclic) bond motifs is 7. The van der Waals surface area contributed by atoms with E-state index in [0.29, 0.717) is 28.0 Å². The minimum atomic E-state index is -2.95. The Morgan fingerprint density at radius 2 is 1.02 bits per heavy atom. The van der Waals surface area contributed by atoms with Crippen molar-refractivity contribution in [3.63, 3.8) is 0 Å². The van der Waals surface area contributed by atoms with Crippen LogP contribution >= 0.6 is 0 Å². The number of hydrogen-bond donors (Lipinski definition) is 0. The summed E-state index contributed by atoms with van der Waals surface area (Å²) in [6.07, 6.45) is 0. The van der Waals surface area contributed by atoms with Crippen LogP contribution < -0.4 is 21.0 Å². The van der Waals surface area contributed by atoms with Gasteiger partial charge in [-0.15, -0.1) is 0 Å². The van der Waals surface area contributed by atoms with E-state index >= 15 is 0 Å². The highest BCUT2D eigenvalue weighted by Gasteiger charge is 2.51. The van der Waals surface area contributed by atoms with E-state index in [-0.39, 0.29) is 23.4 Å². The van der Waals surface area contributed by atoms with Crippen molar-refractivity contribution < 1.29 is 8.83 Å². The third kappa shape index (κ3) is 4.15. The summed E-state index contributed by atoms with van der Waals surface area (Å²) in [5.41, 5.74) is 7.80. The van der Waals surface area contributed by atoms with Gasteiger partial charge in [-0.3, -0.25) is 4.57 Å². The molecular formula is C42H25N7O2Si. The fourth-order valence-corrected chi connectivity index (χ4v) is 12.5. The Bertz CT molecular complexity index is 2850. The quantitative estimate of drug-likeness (QED) is 0.197. The van der Waals surface area contributed by atoms with Gasteiger partial charge >= 0.3 is 0 Å². The lowest BCUT2D eigenvalue weighted by molar-refractivity contribution is 0.605. The summed E-state index contributed by atoms with van der Waals surface area (Å²) in [5, 5.41) is 3.68. The van der Waals surface area contributed by atoms with Crippen molar-refractivity contribution >= 4 is 62.3 Å². The Morgan fingerprint density at radius 3 is 1.73 bits per heavy atom. The average Bonchev–Trinajstić information content (AvgIpc) is 3.99. The molecule has 11 rings (SSSR count). The Morgan fingerprint density at radius 1 is 0.442 bits per heavy atom. The van der Waals surface area contributed by atoms with Gasteiger partial charge in [0.15, 0.2) is 17.0 Å². The molecule has 0 amide bonds. The molecule has 6 aromatic carbocycles. The number of nitrogens with zero attached hydrogens (tertiary/aromatic N) is 7. The fraction of sp³-hybridized carbons (Fsp3) is 0. The summed E-state index contributed by atoms with van der Waals surface area (Å²) >= 11 is 0. The van der Waals surface area contributed by atoms with E-state index in [0.717, 1.165) is 32.9 Å². The lowest BCUT2D eigenvalue weighted by atomic mass is 10.2. The molecule has 10 aromatic rings. The van der Waals surface area contributed by atoms with Crippen molar-refractivity contribution in [1.82, 2.24) is 34.5 Å². The lowest BCUT2D eigenvalue weighted by Gasteiger charge is -2.28. The Balaban J connectivity index is 1.16. The number of rotatable bonds is 5. The maximum atomic E-state index is 6.16. The summed E-state index contributed by atoms with van der Waals surface area (Å²) in [4.78, 5) is 29.6. The highest BCUT2D eigenvalue weighted by atomic mass is 28.3. The first-order chi connectivity index (χ1) is 25.7. The van der Waals surface area contributed by atoms with Gasteiger partial charge in [0.25, 0.3) is 11.8 Å². The molecule has 0 radical (unpaired) electrons.